The zero-order valence-electron chi connectivity index (χ0n) is 19.2. The third-order valence-corrected chi connectivity index (χ3v) is 7.07. The van der Waals surface area contributed by atoms with Gasteiger partial charge in [-0.3, -0.25) is 9.78 Å². The van der Waals surface area contributed by atoms with Crippen molar-refractivity contribution >= 4 is 11.5 Å². The van der Waals surface area contributed by atoms with Crippen molar-refractivity contribution in [2.75, 3.05) is 33.2 Å². The number of hydrogen-bond acceptors (Lipinski definition) is 3. The smallest absolute Gasteiger partial charge is 0.272 e. The largest absolute Gasteiger partial charge is 0.338 e. The van der Waals surface area contributed by atoms with E-state index in [1.165, 1.54) is 55.5 Å². The molecule has 0 N–H and O–H groups in total. The quantitative estimate of drug-likeness (QED) is 0.699. The van der Waals surface area contributed by atoms with Crippen LogP contribution >= 0.6 is 0 Å². The molecule has 1 saturated heterocycles. The summed E-state index contributed by atoms with van der Waals surface area (Å²) in [6, 6.07) is 12.8. The minimum absolute atomic E-state index is 0.00943. The van der Waals surface area contributed by atoms with E-state index in [-0.39, 0.29) is 11.3 Å². The molecule has 4 rings (SSSR count). The molecule has 2 aliphatic rings. The molecule has 1 aliphatic carbocycles. The summed E-state index contributed by atoms with van der Waals surface area (Å²) in [6.45, 7) is 7.77. The van der Waals surface area contributed by atoms with Crippen molar-refractivity contribution in [2.24, 2.45) is 5.41 Å². The number of fused-ring (bicyclic) bond motifs is 1. The number of likely N-dealkylation sites (tertiary alicyclic amines) is 1. The van der Waals surface area contributed by atoms with Crippen LogP contribution in [0, 0.1) is 5.41 Å². The van der Waals surface area contributed by atoms with E-state index in [4.69, 9.17) is 0 Å². The fraction of sp³-hybridized carbons (Fsp3) is 0.481. The Hall–Kier alpha value is -2.46. The third-order valence-electron chi connectivity index (χ3n) is 7.07. The van der Waals surface area contributed by atoms with Gasteiger partial charge < -0.3 is 9.80 Å². The van der Waals surface area contributed by atoms with Crippen LogP contribution in [0.15, 0.2) is 48.7 Å². The number of amides is 1. The highest BCUT2D eigenvalue weighted by molar-refractivity contribution is 5.93. The highest BCUT2D eigenvalue weighted by atomic mass is 16.2. The summed E-state index contributed by atoms with van der Waals surface area (Å²) in [7, 11) is 2.24. The molecule has 4 heteroatoms. The first kappa shape index (κ1) is 21.8. The van der Waals surface area contributed by atoms with Gasteiger partial charge in [-0.1, -0.05) is 36.4 Å². The van der Waals surface area contributed by atoms with Crippen LogP contribution in [0.2, 0.25) is 0 Å². The third kappa shape index (κ3) is 4.59. The van der Waals surface area contributed by atoms with Crippen molar-refractivity contribution in [1.29, 1.82) is 0 Å². The number of aromatic nitrogens is 1. The lowest BCUT2D eigenvalue weighted by atomic mass is 9.67. The summed E-state index contributed by atoms with van der Waals surface area (Å²) < 4.78 is 0. The molecular weight excluding hydrogens is 382 g/mol. The Morgan fingerprint density at radius 3 is 2.42 bits per heavy atom. The summed E-state index contributed by atoms with van der Waals surface area (Å²) >= 11 is 0. The first-order valence-corrected chi connectivity index (χ1v) is 11.8. The summed E-state index contributed by atoms with van der Waals surface area (Å²) in [5.41, 5.74) is 5.91. The maximum absolute atomic E-state index is 12.7. The molecule has 0 atom stereocenters. The number of carbonyl (C=O) groups excluding carboxylic acids is 1. The van der Waals surface area contributed by atoms with Crippen LogP contribution < -0.4 is 0 Å². The number of hydrogen-bond donors (Lipinski definition) is 0. The molecule has 31 heavy (non-hydrogen) atoms. The van der Waals surface area contributed by atoms with E-state index < -0.39 is 0 Å². The van der Waals surface area contributed by atoms with Crippen LogP contribution in [0.3, 0.4) is 0 Å². The molecule has 1 aromatic carbocycles. The zero-order valence-corrected chi connectivity index (χ0v) is 19.2. The number of benzene rings is 1. The van der Waals surface area contributed by atoms with E-state index in [9.17, 15) is 4.79 Å². The second-order valence-electron chi connectivity index (χ2n) is 9.17. The molecule has 1 aliphatic heterocycles. The van der Waals surface area contributed by atoms with Gasteiger partial charge in [-0.05, 0) is 94.3 Å². The average molecular weight is 418 g/mol. The maximum Gasteiger partial charge on any atom is 0.272 e. The van der Waals surface area contributed by atoms with E-state index >= 15 is 0 Å². The molecule has 0 saturated carbocycles. The van der Waals surface area contributed by atoms with Crippen molar-refractivity contribution in [1.82, 2.24) is 14.8 Å². The van der Waals surface area contributed by atoms with E-state index in [0.717, 1.165) is 12.0 Å². The molecule has 2 heterocycles. The Morgan fingerprint density at radius 1 is 1.06 bits per heavy atom. The van der Waals surface area contributed by atoms with E-state index in [2.05, 4.69) is 53.3 Å². The van der Waals surface area contributed by atoms with Crippen LogP contribution in [-0.4, -0.2) is 53.9 Å². The molecule has 2 aromatic rings. The standard InChI is InChI=1S/C27H35N3O/c1-4-30(5-2)26(31)25-13-12-22(20-28-25)24-19-27(14-8-16-29(3)17-9-15-27)18-21-10-6-7-11-23(21)24/h6-7,10-13,19-20H,4-5,8-9,14-18H2,1-3H3. The Morgan fingerprint density at radius 2 is 1.77 bits per heavy atom. The molecule has 4 nitrogen and oxygen atoms in total. The average Bonchev–Trinajstić information content (AvgIpc) is 2.78. The van der Waals surface area contributed by atoms with Gasteiger partial charge in [-0.25, -0.2) is 0 Å². The lowest BCUT2D eigenvalue weighted by molar-refractivity contribution is 0.0767. The monoisotopic (exact) mass is 417 g/mol. The van der Waals surface area contributed by atoms with E-state index in [1.807, 2.05) is 31.0 Å². The van der Waals surface area contributed by atoms with Gasteiger partial charge in [0.2, 0.25) is 0 Å². The fourth-order valence-corrected chi connectivity index (χ4v) is 5.30. The van der Waals surface area contributed by atoms with Crippen molar-refractivity contribution in [3.05, 3.63) is 71.1 Å². The molecule has 1 amide bonds. The molecule has 0 bridgehead atoms. The van der Waals surface area contributed by atoms with Crippen LogP contribution in [0.25, 0.3) is 5.57 Å². The van der Waals surface area contributed by atoms with Gasteiger partial charge in [0.05, 0.1) is 0 Å². The zero-order chi connectivity index (χ0) is 21.8. The predicted octanol–water partition coefficient (Wildman–Crippen LogP) is 5.04. The van der Waals surface area contributed by atoms with Crippen LogP contribution in [-0.2, 0) is 6.42 Å². The van der Waals surface area contributed by atoms with Crippen LogP contribution in [0.4, 0.5) is 0 Å². The van der Waals surface area contributed by atoms with Gasteiger partial charge in [0.15, 0.2) is 0 Å². The minimum atomic E-state index is 0.00943. The Kier molecular flexibility index (Phi) is 6.57. The highest BCUT2D eigenvalue weighted by Gasteiger charge is 2.34. The summed E-state index contributed by atoms with van der Waals surface area (Å²) in [4.78, 5) is 21.5. The number of pyridine rings is 1. The fourth-order valence-electron chi connectivity index (χ4n) is 5.30. The van der Waals surface area contributed by atoms with Crippen molar-refractivity contribution in [2.45, 2.75) is 46.0 Å². The highest BCUT2D eigenvalue weighted by Crippen LogP contribution is 2.45. The summed E-state index contributed by atoms with van der Waals surface area (Å²) in [6.07, 6.45) is 10.5. The Labute approximate surface area is 187 Å². The first-order chi connectivity index (χ1) is 15.0. The van der Waals surface area contributed by atoms with Gasteiger partial charge in [-0.15, -0.1) is 0 Å². The van der Waals surface area contributed by atoms with E-state index in [0.29, 0.717) is 18.8 Å². The molecule has 164 valence electrons. The van der Waals surface area contributed by atoms with Gasteiger partial charge in [0, 0.05) is 24.8 Å². The first-order valence-electron chi connectivity index (χ1n) is 11.8. The predicted molar refractivity (Wildman–Crippen MR) is 127 cm³/mol. The number of allylic oxidation sites excluding steroid dienone is 1. The summed E-state index contributed by atoms with van der Waals surface area (Å²) in [5, 5.41) is 0. The molecule has 0 radical (unpaired) electrons. The number of nitrogens with zero attached hydrogens (tertiary/aromatic N) is 3. The Balaban J connectivity index is 1.69. The lowest BCUT2D eigenvalue weighted by Crippen LogP contribution is -2.32. The van der Waals surface area contributed by atoms with Crippen LogP contribution in [0.5, 0.6) is 0 Å². The van der Waals surface area contributed by atoms with Gasteiger partial charge in [-0.2, -0.15) is 0 Å². The molecule has 1 aromatic heterocycles. The van der Waals surface area contributed by atoms with Gasteiger partial charge in [0.1, 0.15) is 5.69 Å². The molecule has 1 spiro atoms. The van der Waals surface area contributed by atoms with Crippen LogP contribution in [0.1, 0.15) is 66.7 Å². The second kappa shape index (κ2) is 9.35. The normalized spacial score (nSPS) is 18.6. The minimum Gasteiger partial charge on any atom is -0.338 e. The van der Waals surface area contributed by atoms with Gasteiger partial charge in [0.25, 0.3) is 5.91 Å². The summed E-state index contributed by atoms with van der Waals surface area (Å²) in [5.74, 6) is 0.00943. The van der Waals surface area contributed by atoms with Crippen molar-refractivity contribution < 1.29 is 4.79 Å². The second-order valence-corrected chi connectivity index (χ2v) is 9.17. The SMILES string of the molecule is CCN(CC)C(=O)c1ccc(C2=CC3(CCCN(C)CCC3)Cc3ccccc32)cn1. The molecular formula is C27H35N3O. The van der Waals surface area contributed by atoms with Crippen molar-refractivity contribution in [3.63, 3.8) is 0 Å². The maximum atomic E-state index is 12.7. The number of rotatable bonds is 4. The van der Waals surface area contributed by atoms with Gasteiger partial charge >= 0.3 is 0 Å². The molecule has 1 fully saturated rings. The lowest BCUT2D eigenvalue weighted by Gasteiger charge is -2.39. The van der Waals surface area contributed by atoms with Crippen molar-refractivity contribution in [3.8, 4) is 0 Å². The Bertz CT molecular complexity index is 933. The molecule has 0 unspecified atom stereocenters. The number of carbonyl (C=O) groups is 1. The topological polar surface area (TPSA) is 36.4 Å². The van der Waals surface area contributed by atoms with E-state index in [1.54, 1.807) is 0 Å².